The molecule has 1 aliphatic carbocycles. The zero-order chi connectivity index (χ0) is 26.4. The van der Waals surface area contributed by atoms with Crippen LogP contribution in [0.3, 0.4) is 0 Å². The molecule has 0 bridgehead atoms. The van der Waals surface area contributed by atoms with Crippen LogP contribution in [0.25, 0.3) is 5.69 Å². The number of fused-ring (bicyclic) bond motifs is 3. The zero-order valence-electron chi connectivity index (χ0n) is 22.0. The van der Waals surface area contributed by atoms with Crippen LogP contribution in [0.15, 0.2) is 85.1 Å². The molecule has 6 rings (SSSR count). The van der Waals surface area contributed by atoms with Gasteiger partial charge in [0.2, 0.25) is 5.91 Å². The maximum Gasteiger partial charge on any atom is 0.322 e. The van der Waals surface area contributed by atoms with E-state index in [0.29, 0.717) is 0 Å². The van der Waals surface area contributed by atoms with Crippen molar-refractivity contribution in [1.29, 1.82) is 0 Å². The quantitative estimate of drug-likeness (QED) is 0.336. The second-order valence-electron chi connectivity index (χ2n) is 10.5. The standard InChI is InChI=1S/C32H32N4O2/c1-21-8-6-9-24(19-21)31-29-12-7-17-34(29)27-10-4-5-11-28(27)36(31)30(37)20-35(25-14-15-25)32(38)33-26-16-13-22(2)18-23(26)3/h4-13,16-19,25,31H,14-15,20H2,1-3H3,(H,33,38). The van der Waals surface area contributed by atoms with Gasteiger partial charge >= 0.3 is 6.03 Å². The minimum Gasteiger partial charge on any atom is -0.316 e. The molecule has 1 saturated carbocycles. The molecule has 1 N–H and O–H groups in total. The highest BCUT2D eigenvalue weighted by atomic mass is 16.2. The average molecular weight is 505 g/mol. The number of aromatic nitrogens is 1. The first-order chi connectivity index (χ1) is 18.4. The van der Waals surface area contributed by atoms with Gasteiger partial charge in [-0.1, -0.05) is 59.7 Å². The maximum atomic E-state index is 14.3. The Hall–Kier alpha value is -4.32. The Kier molecular flexibility index (Phi) is 6.03. The second kappa shape index (κ2) is 9.53. The lowest BCUT2D eigenvalue weighted by Gasteiger charge is -2.39. The summed E-state index contributed by atoms with van der Waals surface area (Å²) in [5.74, 6) is -0.0981. The number of anilines is 2. The summed E-state index contributed by atoms with van der Waals surface area (Å²) in [6, 6.07) is 25.9. The number of rotatable bonds is 5. The van der Waals surface area contributed by atoms with Gasteiger partial charge in [0.05, 0.1) is 17.1 Å². The van der Waals surface area contributed by atoms with Crippen LogP contribution < -0.4 is 10.2 Å². The number of para-hydroxylation sites is 2. The molecule has 3 aromatic carbocycles. The minimum absolute atomic E-state index is 0.0127. The fourth-order valence-electron chi connectivity index (χ4n) is 5.53. The fourth-order valence-corrected chi connectivity index (χ4v) is 5.53. The lowest BCUT2D eigenvalue weighted by atomic mass is 9.96. The molecule has 1 aliphatic heterocycles. The smallest absolute Gasteiger partial charge is 0.316 e. The van der Waals surface area contributed by atoms with Crippen molar-refractivity contribution in [3.8, 4) is 5.69 Å². The topological polar surface area (TPSA) is 57.6 Å². The molecule has 192 valence electrons. The third-order valence-electron chi connectivity index (χ3n) is 7.52. The normalized spacial score (nSPS) is 16.0. The highest BCUT2D eigenvalue weighted by Gasteiger charge is 2.40. The first-order valence-corrected chi connectivity index (χ1v) is 13.2. The van der Waals surface area contributed by atoms with Crippen molar-refractivity contribution >= 4 is 23.3 Å². The third kappa shape index (κ3) is 4.36. The summed E-state index contributed by atoms with van der Waals surface area (Å²) in [6.45, 7) is 6.10. The van der Waals surface area contributed by atoms with E-state index in [-0.39, 0.29) is 30.6 Å². The molecule has 2 aliphatic rings. The number of hydrogen-bond donors (Lipinski definition) is 1. The fraction of sp³-hybridized carbons (Fsp3) is 0.250. The molecule has 0 saturated heterocycles. The number of nitrogens with one attached hydrogen (secondary N) is 1. The molecular weight excluding hydrogens is 472 g/mol. The van der Waals surface area contributed by atoms with Crippen LogP contribution in [-0.2, 0) is 4.79 Å². The van der Waals surface area contributed by atoms with Crippen molar-refractivity contribution in [3.05, 3.63) is 113 Å². The average Bonchev–Trinajstić information content (AvgIpc) is 3.63. The van der Waals surface area contributed by atoms with Crippen LogP contribution in [0.2, 0.25) is 0 Å². The summed E-state index contributed by atoms with van der Waals surface area (Å²) in [6.07, 6.45) is 3.87. The first-order valence-electron chi connectivity index (χ1n) is 13.2. The Balaban J connectivity index is 1.36. The van der Waals surface area contributed by atoms with E-state index in [0.717, 1.165) is 57.9 Å². The highest BCUT2D eigenvalue weighted by molar-refractivity contribution is 6.01. The van der Waals surface area contributed by atoms with Crippen LogP contribution in [0.1, 0.15) is 46.8 Å². The number of aryl methyl sites for hydroxylation is 3. The first kappa shape index (κ1) is 24.0. The van der Waals surface area contributed by atoms with Crippen LogP contribution >= 0.6 is 0 Å². The molecule has 3 amide bonds. The molecule has 2 heterocycles. The largest absolute Gasteiger partial charge is 0.322 e. The predicted molar refractivity (Wildman–Crippen MR) is 151 cm³/mol. The van der Waals surface area contributed by atoms with Gasteiger partial charge in [-0.05, 0) is 75.1 Å². The number of carbonyl (C=O) groups is 2. The number of benzene rings is 3. The van der Waals surface area contributed by atoms with Gasteiger partial charge in [-0.25, -0.2) is 4.79 Å². The van der Waals surface area contributed by atoms with Gasteiger partial charge < -0.3 is 14.8 Å². The molecule has 4 aromatic rings. The summed E-state index contributed by atoms with van der Waals surface area (Å²) in [7, 11) is 0. The van der Waals surface area contributed by atoms with E-state index in [1.54, 1.807) is 4.90 Å². The number of urea groups is 1. The van der Waals surface area contributed by atoms with E-state index in [2.05, 4.69) is 47.1 Å². The van der Waals surface area contributed by atoms with Crippen molar-refractivity contribution in [3.63, 3.8) is 0 Å². The van der Waals surface area contributed by atoms with E-state index in [9.17, 15) is 9.59 Å². The summed E-state index contributed by atoms with van der Waals surface area (Å²) in [4.78, 5) is 31.4. The van der Waals surface area contributed by atoms with Gasteiger partial charge in [-0.2, -0.15) is 0 Å². The minimum atomic E-state index is -0.296. The molecule has 1 fully saturated rings. The van der Waals surface area contributed by atoms with Crippen molar-refractivity contribution < 1.29 is 9.59 Å². The number of hydrogen-bond acceptors (Lipinski definition) is 2. The van der Waals surface area contributed by atoms with Gasteiger partial charge in [0.15, 0.2) is 0 Å². The van der Waals surface area contributed by atoms with E-state index in [1.165, 1.54) is 0 Å². The van der Waals surface area contributed by atoms with E-state index in [1.807, 2.05) is 73.5 Å². The molecule has 0 spiro atoms. The molecule has 0 radical (unpaired) electrons. The SMILES string of the molecule is Cc1cccc(C2c3cccn3-c3ccccc3N2C(=O)CN(C(=O)Nc2ccc(C)cc2C)C2CC2)c1. The number of carbonyl (C=O) groups excluding carboxylic acids is 2. The Morgan fingerprint density at radius 3 is 2.37 bits per heavy atom. The molecule has 1 atom stereocenters. The monoisotopic (exact) mass is 504 g/mol. The summed E-state index contributed by atoms with van der Waals surface area (Å²) >= 11 is 0. The molecule has 38 heavy (non-hydrogen) atoms. The Morgan fingerprint density at radius 2 is 1.63 bits per heavy atom. The molecule has 1 aromatic heterocycles. The summed E-state index contributed by atoms with van der Waals surface area (Å²) < 4.78 is 2.16. The van der Waals surface area contributed by atoms with Gasteiger partial charge in [0, 0.05) is 17.9 Å². The second-order valence-corrected chi connectivity index (χ2v) is 10.5. The molecule has 1 unspecified atom stereocenters. The zero-order valence-corrected chi connectivity index (χ0v) is 22.0. The van der Waals surface area contributed by atoms with Crippen molar-refractivity contribution in [1.82, 2.24) is 9.47 Å². The van der Waals surface area contributed by atoms with Gasteiger partial charge in [0.1, 0.15) is 12.6 Å². The van der Waals surface area contributed by atoms with Gasteiger partial charge in [-0.15, -0.1) is 0 Å². The Labute approximate surface area is 223 Å². The van der Waals surface area contributed by atoms with E-state index < -0.39 is 0 Å². The van der Waals surface area contributed by atoms with E-state index >= 15 is 0 Å². The lowest BCUT2D eigenvalue weighted by molar-refractivity contribution is -0.119. The number of amides is 3. The Morgan fingerprint density at radius 1 is 0.868 bits per heavy atom. The van der Waals surface area contributed by atoms with Crippen LogP contribution in [-0.4, -0.2) is 34.0 Å². The molecular formula is C32H32N4O2. The van der Waals surface area contributed by atoms with Crippen molar-refractivity contribution in [2.24, 2.45) is 0 Å². The van der Waals surface area contributed by atoms with Crippen molar-refractivity contribution in [2.75, 3.05) is 16.8 Å². The lowest BCUT2D eigenvalue weighted by Crippen LogP contribution is -2.48. The molecule has 6 heteroatoms. The predicted octanol–water partition coefficient (Wildman–Crippen LogP) is 6.54. The van der Waals surface area contributed by atoms with Crippen molar-refractivity contribution in [2.45, 2.75) is 45.7 Å². The summed E-state index contributed by atoms with van der Waals surface area (Å²) in [5, 5.41) is 3.06. The molecule has 6 nitrogen and oxygen atoms in total. The van der Waals surface area contributed by atoms with Crippen LogP contribution in [0.5, 0.6) is 0 Å². The van der Waals surface area contributed by atoms with Crippen LogP contribution in [0, 0.1) is 20.8 Å². The summed E-state index contributed by atoms with van der Waals surface area (Å²) in [5.41, 5.74) is 7.94. The van der Waals surface area contributed by atoms with Crippen LogP contribution in [0.4, 0.5) is 16.2 Å². The third-order valence-corrected chi connectivity index (χ3v) is 7.52. The Bertz CT molecular complexity index is 1530. The number of nitrogens with zero attached hydrogens (tertiary/aromatic N) is 3. The van der Waals surface area contributed by atoms with Gasteiger partial charge in [0.25, 0.3) is 0 Å². The highest BCUT2D eigenvalue weighted by Crippen LogP contribution is 2.42. The van der Waals surface area contributed by atoms with E-state index in [4.69, 9.17) is 0 Å². The maximum absolute atomic E-state index is 14.3. The van der Waals surface area contributed by atoms with Gasteiger partial charge in [-0.3, -0.25) is 9.69 Å².